The fraction of sp³-hybridized carbons (Fsp3) is 0.550. The van der Waals surface area contributed by atoms with Crippen molar-refractivity contribution >= 4 is 47.4 Å². The van der Waals surface area contributed by atoms with Gasteiger partial charge in [-0.05, 0) is 44.4 Å². The summed E-state index contributed by atoms with van der Waals surface area (Å²) in [7, 11) is 1.81. The van der Waals surface area contributed by atoms with E-state index in [0.717, 1.165) is 50.1 Å². The molecule has 3 heterocycles. The van der Waals surface area contributed by atoms with Crippen LogP contribution in [0.15, 0.2) is 29.4 Å². The normalized spacial score (nSPS) is 17.8. The molecule has 2 N–H and O–H groups in total. The van der Waals surface area contributed by atoms with Crippen molar-refractivity contribution in [2.24, 2.45) is 10.9 Å². The molecule has 2 unspecified atom stereocenters. The summed E-state index contributed by atoms with van der Waals surface area (Å²) in [4.78, 5) is 11.0. The third-order valence-electron chi connectivity index (χ3n) is 5.00. The molecular formula is C20H31ClIN7. The van der Waals surface area contributed by atoms with E-state index < -0.39 is 0 Å². The van der Waals surface area contributed by atoms with E-state index in [1.165, 1.54) is 5.69 Å². The molecule has 0 radical (unpaired) electrons. The van der Waals surface area contributed by atoms with Crippen LogP contribution in [0, 0.1) is 19.8 Å². The molecule has 2 atom stereocenters. The molecule has 0 bridgehead atoms. The van der Waals surface area contributed by atoms with Crippen molar-refractivity contribution in [1.82, 2.24) is 25.4 Å². The minimum Gasteiger partial charge on any atom is -0.356 e. The van der Waals surface area contributed by atoms with Gasteiger partial charge in [0.05, 0.1) is 10.7 Å². The number of guanidine groups is 1. The van der Waals surface area contributed by atoms with Crippen LogP contribution in [0.1, 0.15) is 24.7 Å². The Hall–Kier alpha value is -1.55. The Labute approximate surface area is 195 Å². The van der Waals surface area contributed by atoms with Gasteiger partial charge in [-0.25, -0.2) is 4.98 Å². The van der Waals surface area contributed by atoms with Gasteiger partial charge in [-0.1, -0.05) is 18.5 Å². The number of anilines is 1. The summed E-state index contributed by atoms with van der Waals surface area (Å²) >= 11 is 6.28. The Morgan fingerprint density at radius 1 is 1.41 bits per heavy atom. The van der Waals surface area contributed by atoms with Gasteiger partial charge in [0, 0.05) is 51.2 Å². The summed E-state index contributed by atoms with van der Waals surface area (Å²) < 4.78 is 2.07. The van der Waals surface area contributed by atoms with E-state index >= 15 is 0 Å². The van der Waals surface area contributed by atoms with Gasteiger partial charge in [0.25, 0.3) is 0 Å². The number of aliphatic imine (C=N–C) groups is 1. The second-order valence-electron chi connectivity index (χ2n) is 7.55. The van der Waals surface area contributed by atoms with Gasteiger partial charge < -0.3 is 15.5 Å². The lowest BCUT2D eigenvalue weighted by Crippen LogP contribution is -2.46. The van der Waals surface area contributed by atoms with Crippen LogP contribution in [0.25, 0.3) is 0 Å². The number of aromatic nitrogens is 3. The standard InChI is InChI=1S/C20H30ClN7.HI/c1-14(12-28-16(3)10-15(2)26-28)11-24-20(22-4)25-17-7-9-27(13-17)19-18(21)6-5-8-23-19;/h5-6,8,10,14,17H,7,9,11-13H2,1-4H3,(H2,22,24,25);1H. The van der Waals surface area contributed by atoms with E-state index in [0.29, 0.717) is 17.0 Å². The lowest BCUT2D eigenvalue weighted by molar-refractivity contribution is 0.435. The zero-order valence-electron chi connectivity index (χ0n) is 17.5. The molecule has 0 spiro atoms. The summed E-state index contributed by atoms with van der Waals surface area (Å²) in [6, 6.07) is 6.17. The molecule has 9 heteroatoms. The predicted octanol–water partition coefficient (Wildman–Crippen LogP) is 3.25. The van der Waals surface area contributed by atoms with Gasteiger partial charge in [-0.2, -0.15) is 5.10 Å². The smallest absolute Gasteiger partial charge is 0.191 e. The van der Waals surface area contributed by atoms with Crippen molar-refractivity contribution in [3.63, 3.8) is 0 Å². The maximum absolute atomic E-state index is 6.28. The molecule has 1 saturated heterocycles. The Kier molecular flexibility index (Phi) is 9.01. The van der Waals surface area contributed by atoms with Gasteiger partial charge in [0.1, 0.15) is 5.82 Å². The molecular weight excluding hydrogens is 501 g/mol. The maximum Gasteiger partial charge on any atom is 0.191 e. The van der Waals surface area contributed by atoms with Gasteiger partial charge in [0.2, 0.25) is 0 Å². The molecule has 0 aromatic carbocycles. The third-order valence-corrected chi connectivity index (χ3v) is 5.29. The Balaban J connectivity index is 0.00000300. The number of aryl methyl sites for hydroxylation is 2. The van der Waals surface area contributed by atoms with E-state index in [1.54, 1.807) is 6.20 Å². The number of pyridine rings is 1. The van der Waals surface area contributed by atoms with Crippen LogP contribution in [0.3, 0.4) is 0 Å². The molecule has 160 valence electrons. The molecule has 29 heavy (non-hydrogen) atoms. The molecule has 3 rings (SSSR count). The zero-order chi connectivity index (χ0) is 20.1. The summed E-state index contributed by atoms with van der Waals surface area (Å²) in [6.07, 6.45) is 2.81. The highest BCUT2D eigenvalue weighted by molar-refractivity contribution is 14.0. The molecule has 0 amide bonds. The maximum atomic E-state index is 6.28. The first-order chi connectivity index (χ1) is 13.5. The fourth-order valence-electron chi connectivity index (χ4n) is 3.56. The largest absolute Gasteiger partial charge is 0.356 e. The van der Waals surface area contributed by atoms with Crippen molar-refractivity contribution in [2.75, 3.05) is 31.6 Å². The molecule has 0 saturated carbocycles. The van der Waals surface area contributed by atoms with E-state index in [1.807, 2.05) is 26.1 Å². The number of halogens is 2. The van der Waals surface area contributed by atoms with Crippen molar-refractivity contribution in [1.29, 1.82) is 0 Å². The van der Waals surface area contributed by atoms with Crippen molar-refractivity contribution in [3.8, 4) is 0 Å². The zero-order valence-corrected chi connectivity index (χ0v) is 20.6. The molecule has 0 aliphatic carbocycles. The topological polar surface area (TPSA) is 70.4 Å². The first kappa shape index (κ1) is 23.7. The molecule has 1 fully saturated rings. The van der Waals surface area contributed by atoms with Crippen molar-refractivity contribution in [2.45, 2.75) is 39.8 Å². The van der Waals surface area contributed by atoms with Crippen LogP contribution in [0.2, 0.25) is 5.02 Å². The Morgan fingerprint density at radius 2 is 2.21 bits per heavy atom. The van der Waals surface area contributed by atoms with Crippen LogP contribution >= 0.6 is 35.6 Å². The average molecular weight is 532 g/mol. The number of rotatable bonds is 6. The van der Waals surface area contributed by atoms with Gasteiger partial charge in [-0.3, -0.25) is 9.67 Å². The van der Waals surface area contributed by atoms with E-state index in [2.05, 4.69) is 55.2 Å². The third kappa shape index (κ3) is 6.47. The average Bonchev–Trinajstić information content (AvgIpc) is 3.25. The van der Waals surface area contributed by atoms with Crippen LogP contribution in [0.5, 0.6) is 0 Å². The van der Waals surface area contributed by atoms with E-state index in [9.17, 15) is 0 Å². The first-order valence-electron chi connectivity index (χ1n) is 9.80. The van der Waals surface area contributed by atoms with Gasteiger partial charge >= 0.3 is 0 Å². The monoisotopic (exact) mass is 531 g/mol. The molecule has 2 aromatic rings. The number of nitrogens with zero attached hydrogens (tertiary/aromatic N) is 5. The van der Waals surface area contributed by atoms with E-state index in [-0.39, 0.29) is 24.0 Å². The van der Waals surface area contributed by atoms with Crippen LogP contribution in [-0.4, -0.2) is 53.4 Å². The van der Waals surface area contributed by atoms with Crippen LogP contribution < -0.4 is 15.5 Å². The lowest BCUT2D eigenvalue weighted by Gasteiger charge is -2.21. The number of hydrogen-bond donors (Lipinski definition) is 2. The molecule has 2 aromatic heterocycles. The Morgan fingerprint density at radius 3 is 2.86 bits per heavy atom. The highest BCUT2D eigenvalue weighted by Gasteiger charge is 2.25. The number of nitrogens with one attached hydrogen (secondary N) is 2. The highest BCUT2D eigenvalue weighted by atomic mass is 127. The van der Waals surface area contributed by atoms with Gasteiger partial charge in [-0.15, -0.1) is 24.0 Å². The second-order valence-corrected chi connectivity index (χ2v) is 7.96. The molecule has 1 aliphatic rings. The van der Waals surface area contributed by atoms with Crippen LogP contribution in [-0.2, 0) is 6.54 Å². The summed E-state index contributed by atoms with van der Waals surface area (Å²) in [5.41, 5.74) is 2.26. The minimum absolute atomic E-state index is 0. The molecule has 1 aliphatic heterocycles. The first-order valence-corrected chi connectivity index (χ1v) is 10.2. The van der Waals surface area contributed by atoms with Crippen molar-refractivity contribution in [3.05, 3.63) is 40.8 Å². The quantitative estimate of drug-likeness (QED) is 0.340. The second kappa shape index (κ2) is 11.0. The molecule has 7 nitrogen and oxygen atoms in total. The summed E-state index contributed by atoms with van der Waals surface area (Å²) in [5.74, 6) is 2.12. The minimum atomic E-state index is 0. The van der Waals surface area contributed by atoms with Crippen LogP contribution in [0.4, 0.5) is 5.82 Å². The fourth-order valence-corrected chi connectivity index (χ4v) is 3.80. The van der Waals surface area contributed by atoms with Crippen molar-refractivity contribution < 1.29 is 0 Å². The summed E-state index contributed by atoms with van der Waals surface area (Å²) in [6.45, 7) is 9.86. The SMILES string of the molecule is CN=C(NCC(C)Cn1nc(C)cc1C)NC1CCN(c2ncccc2Cl)C1.I. The van der Waals surface area contributed by atoms with Gasteiger partial charge in [0.15, 0.2) is 5.96 Å². The predicted molar refractivity (Wildman–Crippen MR) is 131 cm³/mol. The summed E-state index contributed by atoms with van der Waals surface area (Å²) in [5, 5.41) is 12.2. The van der Waals surface area contributed by atoms with E-state index in [4.69, 9.17) is 11.6 Å². The number of hydrogen-bond acceptors (Lipinski definition) is 4. The lowest BCUT2D eigenvalue weighted by atomic mass is 10.2. The Bertz CT molecular complexity index is 823. The highest BCUT2D eigenvalue weighted by Crippen LogP contribution is 2.25.